The SMILES string of the molecule is Cc1cc(NC(=O)CN2CC(C)OC(C)C2)nn1C.Oc1ccccc1O. The molecule has 1 aromatic heterocycles. The number of benzene rings is 1. The van der Waals surface area contributed by atoms with Gasteiger partial charge in [-0.2, -0.15) is 5.10 Å². The topological polar surface area (TPSA) is 99.9 Å². The second-order valence-corrected chi connectivity index (χ2v) is 6.78. The van der Waals surface area contributed by atoms with E-state index in [0.717, 1.165) is 18.8 Å². The van der Waals surface area contributed by atoms with Crippen LogP contribution in [0.15, 0.2) is 30.3 Å². The van der Waals surface area contributed by atoms with E-state index < -0.39 is 0 Å². The van der Waals surface area contributed by atoms with Crippen LogP contribution in [0.2, 0.25) is 0 Å². The number of phenols is 2. The average Bonchev–Trinajstić information content (AvgIpc) is 2.87. The Balaban J connectivity index is 0.000000273. The molecule has 1 amide bonds. The van der Waals surface area contributed by atoms with Gasteiger partial charge in [-0.05, 0) is 32.9 Å². The number of nitrogens with one attached hydrogen (secondary N) is 1. The monoisotopic (exact) mass is 376 g/mol. The molecule has 1 aromatic carbocycles. The molecule has 2 aromatic rings. The van der Waals surface area contributed by atoms with E-state index >= 15 is 0 Å². The van der Waals surface area contributed by atoms with E-state index in [1.54, 1.807) is 16.8 Å². The lowest BCUT2D eigenvalue weighted by atomic mass is 10.2. The molecule has 1 saturated heterocycles. The molecule has 0 spiro atoms. The van der Waals surface area contributed by atoms with Gasteiger partial charge >= 0.3 is 0 Å². The maximum absolute atomic E-state index is 12.0. The highest BCUT2D eigenvalue weighted by molar-refractivity contribution is 5.91. The van der Waals surface area contributed by atoms with Crippen molar-refractivity contribution in [3.8, 4) is 11.5 Å². The van der Waals surface area contributed by atoms with Gasteiger partial charge < -0.3 is 20.3 Å². The third-order valence-electron chi connectivity index (χ3n) is 4.13. The Kier molecular flexibility index (Phi) is 7.20. The number of aromatic hydroxyl groups is 2. The molecule has 1 aliphatic heterocycles. The molecule has 8 heteroatoms. The van der Waals surface area contributed by atoms with Gasteiger partial charge in [0.15, 0.2) is 17.3 Å². The first-order chi connectivity index (χ1) is 12.7. The van der Waals surface area contributed by atoms with Crippen molar-refractivity contribution in [1.82, 2.24) is 14.7 Å². The Hall–Kier alpha value is -2.58. The van der Waals surface area contributed by atoms with Crippen molar-refractivity contribution in [2.75, 3.05) is 25.0 Å². The molecule has 0 radical (unpaired) electrons. The van der Waals surface area contributed by atoms with Crippen LogP contribution >= 0.6 is 0 Å². The van der Waals surface area contributed by atoms with Crippen molar-refractivity contribution in [3.05, 3.63) is 36.0 Å². The highest BCUT2D eigenvalue weighted by Gasteiger charge is 2.23. The standard InChI is InChI=1S/C13H22N4O2.C6H6O2/c1-9-5-12(15-16(9)4)14-13(18)8-17-6-10(2)19-11(3)7-17;7-5-3-1-2-4-6(5)8/h5,10-11H,6-8H2,1-4H3,(H,14,15,18);1-4,7-8H. The summed E-state index contributed by atoms with van der Waals surface area (Å²) in [7, 11) is 1.86. The average molecular weight is 376 g/mol. The number of phenolic OH excluding ortho intramolecular Hbond substituents is 2. The lowest BCUT2D eigenvalue weighted by Gasteiger charge is -2.34. The van der Waals surface area contributed by atoms with Crippen LogP contribution in [0.5, 0.6) is 11.5 Å². The summed E-state index contributed by atoms with van der Waals surface area (Å²) in [5, 5.41) is 24.4. The Morgan fingerprint density at radius 3 is 2.22 bits per heavy atom. The highest BCUT2D eigenvalue weighted by Crippen LogP contribution is 2.21. The van der Waals surface area contributed by atoms with E-state index in [2.05, 4.69) is 15.3 Å². The largest absolute Gasteiger partial charge is 0.504 e. The lowest BCUT2D eigenvalue weighted by molar-refractivity contribution is -0.121. The van der Waals surface area contributed by atoms with E-state index in [0.29, 0.717) is 12.4 Å². The number of para-hydroxylation sites is 2. The van der Waals surface area contributed by atoms with Gasteiger partial charge in [0.25, 0.3) is 0 Å². The Labute approximate surface area is 159 Å². The van der Waals surface area contributed by atoms with Crippen molar-refractivity contribution in [2.45, 2.75) is 33.0 Å². The molecule has 2 atom stereocenters. The number of morpholine rings is 1. The quantitative estimate of drug-likeness (QED) is 0.707. The summed E-state index contributed by atoms with van der Waals surface area (Å²) in [5.74, 6) is 0.429. The predicted octanol–water partition coefficient (Wildman–Crippen LogP) is 1.87. The van der Waals surface area contributed by atoms with Gasteiger partial charge in [-0.15, -0.1) is 0 Å². The minimum absolute atomic E-state index is 0.0283. The van der Waals surface area contributed by atoms with Crippen LogP contribution in [-0.4, -0.2) is 62.6 Å². The van der Waals surface area contributed by atoms with E-state index in [-0.39, 0.29) is 29.6 Å². The molecule has 3 rings (SSSR count). The van der Waals surface area contributed by atoms with Gasteiger partial charge in [0.2, 0.25) is 5.91 Å². The number of hydrogen-bond donors (Lipinski definition) is 3. The molecule has 8 nitrogen and oxygen atoms in total. The summed E-state index contributed by atoms with van der Waals surface area (Å²) in [4.78, 5) is 14.1. The van der Waals surface area contributed by atoms with Gasteiger partial charge in [0.1, 0.15) is 0 Å². The third-order valence-corrected chi connectivity index (χ3v) is 4.13. The maximum Gasteiger partial charge on any atom is 0.239 e. The number of anilines is 1. The number of amides is 1. The molecular weight excluding hydrogens is 348 g/mol. The van der Waals surface area contributed by atoms with Crippen molar-refractivity contribution in [2.24, 2.45) is 7.05 Å². The maximum atomic E-state index is 12.0. The third kappa shape index (κ3) is 6.58. The molecule has 2 heterocycles. The molecule has 2 unspecified atom stereocenters. The lowest BCUT2D eigenvalue weighted by Crippen LogP contribution is -2.48. The van der Waals surface area contributed by atoms with Crippen LogP contribution in [0.1, 0.15) is 19.5 Å². The fourth-order valence-corrected chi connectivity index (χ4v) is 2.88. The molecule has 1 fully saturated rings. The molecule has 0 aliphatic carbocycles. The zero-order valence-electron chi connectivity index (χ0n) is 16.2. The Bertz CT molecular complexity index is 711. The molecule has 1 aliphatic rings. The van der Waals surface area contributed by atoms with Crippen molar-refractivity contribution in [1.29, 1.82) is 0 Å². The second-order valence-electron chi connectivity index (χ2n) is 6.78. The van der Waals surface area contributed by atoms with Gasteiger partial charge in [0, 0.05) is 31.9 Å². The number of ether oxygens (including phenoxy) is 1. The molecule has 148 valence electrons. The van der Waals surface area contributed by atoms with Crippen molar-refractivity contribution >= 4 is 11.7 Å². The van der Waals surface area contributed by atoms with Gasteiger partial charge in [-0.1, -0.05) is 12.1 Å². The summed E-state index contributed by atoms with van der Waals surface area (Å²) >= 11 is 0. The number of carbonyl (C=O) groups is 1. The first-order valence-corrected chi connectivity index (χ1v) is 8.90. The summed E-state index contributed by atoms with van der Waals surface area (Å²) < 4.78 is 7.39. The highest BCUT2D eigenvalue weighted by atomic mass is 16.5. The van der Waals surface area contributed by atoms with Gasteiger partial charge in [-0.3, -0.25) is 14.4 Å². The van der Waals surface area contributed by atoms with Crippen LogP contribution in [-0.2, 0) is 16.6 Å². The normalized spacial score (nSPS) is 19.9. The molecule has 3 N–H and O–H groups in total. The van der Waals surface area contributed by atoms with E-state index in [1.165, 1.54) is 12.1 Å². The first kappa shape index (κ1) is 20.7. The fraction of sp³-hybridized carbons (Fsp3) is 0.474. The van der Waals surface area contributed by atoms with E-state index in [4.69, 9.17) is 14.9 Å². The molecular formula is C19H28N4O4. The first-order valence-electron chi connectivity index (χ1n) is 8.90. The number of aromatic nitrogens is 2. The minimum atomic E-state index is -0.0764. The summed E-state index contributed by atoms with van der Waals surface area (Å²) in [6, 6.07) is 8.01. The molecule has 27 heavy (non-hydrogen) atoms. The van der Waals surface area contributed by atoms with Crippen LogP contribution in [0.4, 0.5) is 5.82 Å². The van der Waals surface area contributed by atoms with Crippen LogP contribution in [0.25, 0.3) is 0 Å². The predicted molar refractivity (Wildman–Crippen MR) is 103 cm³/mol. The molecule has 0 saturated carbocycles. The zero-order valence-corrected chi connectivity index (χ0v) is 16.2. The number of carbonyl (C=O) groups excluding carboxylic acids is 1. The minimum Gasteiger partial charge on any atom is -0.504 e. The Morgan fingerprint density at radius 2 is 1.78 bits per heavy atom. The van der Waals surface area contributed by atoms with E-state index in [1.807, 2.05) is 33.9 Å². The van der Waals surface area contributed by atoms with Crippen molar-refractivity contribution in [3.63, 3.8) is 0 Å². The molecule has 0 bridgehead atoms. The summed E-state index contributed by atoms with van der Waals surface area (Å²) in [6.45, 7) is 7.98. The van der Waals surface area contributed by atoms with Crippen LogP contribution in [0, 0.1) is 6.92 Å². The summed E-state index contributed by atoms with van der Waals surface area (Å²) in [6.07, 6.45) is 0.349. The van der Waals surface area contributed by atoms with Crippen molar-refractivity contribution < 1.29 is 19.7 Å². The van der Waals surface area contributed by atoms with Crippen LogP contribution < -0.4 is 5.32 Å². The fourth-order valence-electron chi connectivity index (χ4n) is 2.88. The van der Waals surface area contributed by atoms with Crippen LogP contribution in [0.3, 0.4) is 0 Å². The Morgan fingerprint density at radius 1 is 1.22 bits per heavy atom. The van der Waals surface area contributed by atoms with Gasteiger partial charge in [-0.25, -0.2) is 0 Å². The van der Waals surface area contributed by atoms with Gasteiger partial charge in [0.05, 0.1) is 18.8 Å². The number of nitrogens with zero attached hydrogens (tertiary/aromatic N) is 3. The number of aryl methyl sites for hydroxylation is 2. The van der Waals surface area contributed by atoms with E-state index in [9.17, 15) is 4.79 Å². The summed E-state index contributed by atoms with van der Waals surface area (Å²) in [5.41, 5.74) is 1.02. The second kappa shape index (κ2) is 9.38. The zero-order chi connectivity index (χ0) is 20.0. The number of rotatable bonds is 3. The smallest absolute Gasteiger partial charge is 0.239 e. The number of hydrogen-bond acceptors (Lipinski definition) is 6.